The van der Waals surface area contributed by atoms with Crippen molar-refractivity contribution in [3.8, 4) is 16.6 Å². The van der Waals surface area contributed by atoms with E-state index in [4.69, 9.17) is 10.2 Å². The Morgan fingerprint density at radius 2 is 2.18 bits per heavy atom. The first-order valence-electron chi connectivity index (χ1n) is 7.75. The molecule has 0 saturated heterocycles. The van der Waals surface area contributed by atoms with Gasteiger partial charge in [0.2, 0.25) is 0 Å². The summed E-state index contributed by atoms with van der Waals surface area (Å²) in [7, 11) is -4.00. The maximum atomic E-state index is 12.4. The predicted octanol–water partition coefficient (Wildman–Crippen LogP) is 2.19. The van der Waals surface area contributed by atoms with Crippen LogP contribution in [0, 0.1) is 11.3 Å². The van der Waals surface area contributed by atoms with Gasteiger partial charge in [0.05, 0.1) is 27.8 Å². The van der Waals surface area contributed by atoms with Crippen LogP contribution in [0.3, 0.4) is 0 Å². The van der Waals surface area contributed by atoms with Crippen molar-refractivity contribution in [1.29, 1.82) is 5.26 Å². The van der Waals surface area contributed by atoms with Gasteiger partial charge in [0.15, 0.2) is 5.01 Å². The summed E-state index contributed by atoms with van der Waals surface area (Å²) in [4.78, 5) is 14.2. The number of anilines is 1. The molecular weight excluding hydrogens is 402 g/mol. The number of hydrogen-bond donors (Lipinski definition) is 3. The molecule has 0 saturated carbocycles. The molecule has 0 radical (unpaired) electrons. The molecule has 0 aliphatic carbocycles. The van der Waals surface area contributed by atoms with Gasteiger partial charge in [-0.05, 0) is 24.3 Å². The van der Waals surface area contributed by atoms with Crippen LogP contribution in [0.1, 0.15) is 5.56 Å². The van der Waals surface area contributed by atoms with Crippen molar-refractivity contribution in [2.45, 2.75) is 4.90 Å². The van der Waals surface area contributed by atoms with Crippen LogP contribution in [0.25, 0.3) is 21.6 Å². The minimum Gasteiger partial charge on any atom is -0.346 e. The topological polar surface area (TPSA) is 146 Å². The second-order valence-corrected chi connectivity index (χ2v) is 7.94. The number of fused-ring (bicyclic) bond motifs is 1. The minimum atomic E-state index is -4.00. The fourth-order valence-electron chi connectivity index (χ4n) is 2.48. The first-order valence-corrected chi connectivity index (χ1v) is 10.1. The second kappa shape index (κ2) is 7.33. The summed E-state index contributed by atoms with van der Waals surface area (Å²) < 4.78 is 24.8. The number of rotatable bonds is 6. The van der Waals surface area contributed by atoms with Crippen LogP contribution < -0.4 is 10.4 Å². The summed E-state index contributed by atoms with van der Waals surface area (Å²) in [5.41, 5.74) is 6.06. The first-order chi connectivity index (χ1) is 13.6. The summed E-state index contributed by atoms with van der Waals surface area (Å²) in [6.07, 6.45) is 3.28. The van der Waals surface area contributed by atoms with Crippen molar-refractivity contribution in [2.24, 2.45) is 0 Å². The zero-order valence-electron chi connectivity index (χ0n) is 13.9. The molecular formula is C16H11N7O3S2. The van der Waals surface area contributed by atoms with E-state index >= 15 is 0 Å². The van der Waals surface area contributed by atoms with Crippen LogP contribution in [0.5, 0.6) is 0 Å². The number of aromatic nitrogens is 4. The maximum absolute atomic E-state index is 12.4. The van der Waals surface area contributed by atoms with Crippen molar-refractivity contribution in [3.05, 3.63) is 53.8 Å². The van der Waals surface area contributed by atoms with E-state index in [1.165, 1.54) is 35.6 Å². The molecule has 0 aliphatic rings. The standard InChI is InChI=1S/C16H11N7O3S2/c17-7-10-2-1-3-11(6-10)28(24,25)23-26-22-14-12-4-5-18-15(12)19-8-13(14)16-21-20-9-27-16/h1-6,8-9,23H,(H2,18,19,22). The van der Waals surface area contributed by atoms with Gasteiger partial charge in [0, 0.05) is 17.8 Å². The summed E-state index contributed by atoms with van der Waals surface area (Å²) in [5.74, 6) is 0. The highest BCUT2D eigenvalue weighted by Crippen LogP contribution is 2.33. The van der Waals surface area contributed by atoms with Crippen molar-refractivity contribution in [2.75, 3.05) is 5.48 Å². The molecule has 0 bridgehead atoms. The van der Waals surface area contributed by atoms with Crippen molar-refractivity contribution >= 4 is 38.1 Å². The number of nitrogens with zero attached hydrogens (tertiary/aromatic N) is 4. The first kappa shape index (κ1) is 18.0. The van der Waals surface area contributed by atoms with Gasteiger partial charge in [-0.2, -0.15) is 10.2 Å². The van der Waals surface area contributed by atoms with Gasteiger partial charge in [-0.15, -0.1) is 10.2 Å². The molecule has 3 heterocycles. The third-order valence-corrected chi connectivity index (χ3v) is 5.66. The molecule has 0 spiro atoms. The highest BCUT2D eigenvalue weighted by molar-refractivity contribution is 7.89. The van der Waals surface area contributed by atoms with Gasteiger partial charge in [0.25, 0.3) is 10.0 Å². The van der Waals surface area contributed by atoms with E-state index in [1.807, 2.05) is 11.0 Å². The van der Waals surface area contributed by atoms with Crippen LogP contribution in [-0.4, -0.2) is 28.6 Å². The lowest BCUT2D eigenvalue weighted by Gasteiger charge is -2.12. The van der Waals surface area contributed by atoms with Crippen LogP contribution in [0.15, 0.2) is 53.1 Å². The summed E-state index contributed by atoms with van der Waals surface area (Å²) in [6.45, 7) is 0. The molecule has 1 aromatic carbocycles. The number of H-pyrrole nitrogens is 1. The smallest absolute Gasteiger partial charge is 0.264 e. The molecule has 0 fully saturated rings. The zero-order chi connectivity index (χ0) is 19.6. The molecule has 0 unspecified atom stereocenters. The maximum Gasteiger partial charge on any atom is 0.264 e. The molecule has 4 rings (SSSR count). The van der Waals surface area contributed by atoms with Crippen LogP contribution in [0.2, 0.25) is 0 Å². The highest BCUT2D eigenvalue weighted by atomic mass is 32.2. The predicted molar refractivity (Wildman–Crippen MR) is 101 cm³/mol. The monoisotopic (exact) mass is 413 g/mol. The number of pyridine rings is 1. The van der Waals surface area contributed by atoms with Crippen LogP contribution >= 0.6 is 11.3 Å². The molecule has 4 aromatic rings. The minimum absolute atomic E-state index is 0.0979. The van der Waals surface area contributed by atoms with E-state index in [9.17, 15) is 8.42 Å². The van der Waals surface area contributed by atoms with E-state index in [0.717, 1.165) is 0 Å². The summed E-state index contributed by atoms with van der Waals surface area (Å²) >= 11 is 1.30. The van der Waals surface area contributed by atoms with Gasteiger partial charge in [0.1, 0.15) is 11.2 Å². The lowest BCUT2D eigenvalue weighted by molar-refractivity contribution is 0.149. The largest absolute Gasteiger partial charge is 0.346 e. The van der Waals surface area contributed by atoms with E-state index in [1.54, 1.807) is 24.0 Å². The quantitative estimate of drug-likeness (QED) is 0.408. The molecule has 140 valence electrons. The average Bonchev–Trinajstić information content (AvgIpc) is 3.40. The van der Waals surface area contributed by atoms with E-state index in [-0.39, 0.29) is 10.5 Å². The van der Waals surface area contributed by atoms with Crippen molar-refractivity contribution < 1.29 is 13.4 Å². The molecule has 3 aromatic heterocycles. The number of sulfonamides is 1. The molecule has 28 heavy (non-hydrogen) atoms. The number of benzene rings is 1. The Morgan fingerprint density at radius 1 is 1.29 bits per heavy atom. The van der Waals surface area contributed by atoms with E-state index in [2.05, 4.69) is 25.6 Å². The third-order valence-electron chi connectivity index (χ3n) is 3.75. The Morgan fingerprint density at radius 3 is 2.96 bits per heavy atom. The zero-order valence-corrected chi connectivity index (χ0v) is 15.6. The Hall–Kier alpha value is -3.37. The molecule has 10 nitrogen and oxygen atoms in total. The Labute approximate surface area is 162 Å². The van der Waals surface area contributed by atoms with Gasteiger partial charge < -0.3 is 4.98 Å². The van der Waals surface area contributed by atoms with Gasteiger partial charge in [-0.3, -0.25) is 0 Å². The second-order valence-electron chi connectivity index (χ2n) is 5.46. The molecule has 3 N–H and O–H groups in total. The fraction of sp³-hybridized carbons (Fsp3) is 0. The van der Waals surface area contributed by atoms with Crippen molar-refractivity contribution in [3.63, 3.8) is 0 Å². The number of nitrogens with one attached hydrogen (secondary N) is 3. The lowest BCUT2D eigenvalue weighted by atomic mass is 10.2. The van der Waals surface area contributed by atoms with Crippen molar-refractivity contribution in [1.82, 2.24) is 25.1 Å². The third kappa shape index (κ3) is 3.42. The summed E-state index contributed by atoms with van der Waals surface area (Å²) in [5, 5.41) is 18.0. The Kier molecular flexibility index (Phi) is 4.72. The normalized spacial score (nSPS) is 11.4. The number of aromatic amines is 1. The number of nitriles is 1. The lowest BCUT2D eigenvalue weighted by Crippen LogP contribution is -2.27. The Balaban J connectivity index is 1.60. The van der Waals surface area contributed by atoms with Gasteiger partial charge >= 0.3 is 0 Å². The van der Waals surface area contributed by atoms with Gasteiger partial charge in [-0.1, -0.05) is 22.3 Å². The van der Waals surface area contributed by atoms with E-state index < -0.39 is 10.0 Å². The molecule has 0 aliphatic heterocycles. The fourth-order valence-corrected chi connectivity index (χ4v) is 3.84. The molecule has 0 atom stereocenters. The SMILES string of the molecule is N#Cc1cccc(S(=O)(=O)NONc2c(-c3nncs3)cnc3[nH]ccc23)c1. The van der Waals surface area contributed by atoms with Crippen LogP contribution in [-0.2, 0) is 15.0 Å². The molecule has 0 amide bonds. The van der Waals surface area contributed by atoms with Gasteiger partial charge in [-0.25, -0.2) is 18.9 Å². The summed E-state index contributed by atoms with van der Waals surface area (Å²) in [6, 6.07) is 9.24. The highest BCUT2D eigenvalue weighted by Gasteiger charge is 2.18. The average molecular weight is 413 g/mol. The molecule has 12 heteroatoms. The Bertz CT molecular complexity index is 1280. The van der Waals surface area contributed by atoms with E-state index in [0.29, 0.717) is 27.3 Å². The number of hydrogen-bond acceptors (Lipinski definition) is 9. The van der Waals surface area contributed by atoms with Crippen LogP contribution in [0.4, 0.5) is 5.69 Å².